The summed E-state index contributed by atoms with van der Waals surface area (Å²) in [5.41, 5.74) is -1.18. The highest BCUT2D eigenvalue weighted by molar-refractivity contribution is 6.10. The molecule has 2 aliphatic rings. The van der Waals surface area contributed by atoms with Crippen molar-refractivity contribution in [1.82, 2.24) is 4.90 Å². The van der Waals surface area contributed by atoms with Gasteiger partial charge in [0.05, 0.1) is 17.2 Å². The van der Waals surface area contributed by atoms with Crippen molar-refractivity contribution in [1.29, 1.82) is 0 Å². The Labute approximate surface area is 178 Å². The lowest BCUT2D eigenvalue weighted by Crippen LogP contribution is -2.49. The van der Waals surface area contributed by atoms with Crippen LogP contribution in [-0.2, 0) is 10.9 Å². The van der Waals surface area contributed by atoms with E-state index in [1.165, 1.54) is 15.9 Å². The fourth-order valence-electron chi connectivity index (χ4n) is 4.35. The largest absolute Gasteiger partial charge is 0.444 e. The van der Waals surface area contributed by atoms with E-state index >= 15 is 0 Å². The Balaban J connectivity index is 1.82. The van der Waals surface area contributed by atoms with Crippen LogP contribution in [0.2, 0.25) is 0 Å². The summed E-state index contributed by atoms with van der Waals surface area (Å²) in [6.45, 7) is 5.59. The molecule has 0 bridgehead atoms. The van der Waals surface area contributed by atoms with Crippen LogP contribution in [0.1, 0.15) is 48.2 Å². The zero-order valence-corrected chi connectivity index (χ0v) is 17.4. The third-order valence-electron chi connectivity index (χ3n) is 5.54. The van der Waals surface area contributed by atoms with Crippen molar-refractivity contribution in [2.75, 3.05) is 18.0 Å². The number of hydrogen-bond acceptors (Lipinski definition) is 3. The van der Waals surface area contributed by atoms with Crippen LogP contribution in [0.4, 0.5) is 23.7 Å². The predicted molar refractivity (Wildman–Crippen MR) is 109 cm³/mol. The summed E-state index contributed by atoms with van der Waals surface area (Å²) in [5.74, 6) is -1.16. The van der Waals surface area contributed by atoms with Gasteiger partial charge in [0.15, 0.2) is 0 Å². The summed E-state index contributed by atoms with van der Waals surface area (Å²) in [6, 6.07) is 11.9. The van der Waals surface area contributed by atoms with Gasteiger partial charge < -0.3 is 14.5 Å². The monoisotopic (exact) mass is 432 g/mol. The van der Waals surface area contributed by atoms with Gasteiger partial charge in [-0.05, 0) is 44.5 Å². The number of halogens is 3. The molecule has 1 saturated heterocycles. The van der Waals surface area contributed by atoms with Crippen LogP contribution in [0.5, 0.6) is 0 Å². The lowest BCUT2D eigenvalue weighted by molar-refractivity contribution is -0.138. The molecule has 0 radical (unpaired) electrons. The minimum atomic E-state index is -4.67. The highest BCUT2D eigenvalue weighted by Crippen LogP contribution is 2.45. The number of rotatable bonds is 1. The highest BCUT2D eigenvalue weighted by atomic mass is 19.4. The van der Waals surface area contributed by atoms with Crippen molar-refractivity contribution in [3.8, 4) is 0 Å². The number of ether oxygens (including phenoxy) is 1. The van der Waals surface area contributed by atoms with E-state index in [9.17, 15) is 22.8 Å². The fraction of sp³-hybridized carbons (Fsp3) is 0.391. The Kier molecular flexibility index (Phi) is 4.98. The summed E-state index contributed by atoms with van der Waals surface area (Å²) in [6.07, 6.45) is -5.21. The van der Waals surface area contributed by atoms with Gasteiger partial charge in [0, 0.05) is 24.7 Å². The number of alkyl halides is 3. The first-order chi connectivity index (χ1) is 14.5. The van der Waals surface area contributed by atoms with E-state index < -0.39 is 41.3 Å². The Morgan fingerprint density at radius 1 is 1.00 bits per heavy atom. The first kappa shape index (κ1) is 21.2. The lowest BCUT2D eigenvalue weighted by Gasteiger charge is -2.38. The molecule has 31 heavy (non-hydrogen) atoms. The second-order valence-electron chi connectivity index (χ2n) is 8.84. The number of carbonyl (C=O) groups is 2. The summed E-state index contributed by atoms with van der Waals surface area (Å²) in [7, 11) is 0. The smallest absolute Gasteiger partial charge is 0.417 e. The van der Waals surface area contributed by atoms with E-state index in [-0.39, 0.29) is 18.7 Å². The second-order valence-corrected chi connectivity index (χ2v) is 8.84. The molecule has 0 saturated carbocycles. The Hall–Kier alpha value is -3.03. The van der Waals surface area contributed by atoms with Crippen LogP contribution < -0.4 is 4.90 Å². The van der Waals surface area contributed by atoms with Crippen LogP contribution in [0, 0.1) is 0 Å². The number of amides is 2. The van der Waals surface area contributed by atoms with Gasteiger partial charge in [-0.1, -0.05) is 30.3 Å². The third-order valence-corrected chi connectivity index (χ3v) is 5.54. The predicted octanol–water partition coefficient (Wildman–Crippen LogP) is 5.07. The first-order valence-corrected chi connectivity index (χ1v) is 10.0. The molecule has 2 atom stereocenters. The van der Waals surface area contributed by atoms with Crippen LogP contribution in [-0.4, -0.2) is 41.6 Å². The van der Waals surface area contributed by atoms with Gasteiger partial charge >= 0.3 is 12.3 Å². The molecule has 8 heteroatoms. The van der Waals surface area contributed by atoms with Gasteiger partial charge in [0.1, 0.15) is 5.60 Å². The zero-order chi connectivity index (χ0) is 22.6. The van der Waals surface area contributed by atoms with Crippen molar-refractivity contribution in [3.63, 3.8) is 0 Å². The van der Waals surface area contributed by atoms with Gasteiger partial charge in [-0.15, -0.1) is 0 Å². The molecule has 2 aliphatic heterocycles. The second kappa shape index (κ2) is 7.28. The van der Waals surface area contributed by atoms with Gasteiger partial charge in [0.2, 0.25) is 0 Å². The van der Waals surface area contributed by atoms with Gasteiger partial charge in [-0.2, -0.15) is 13.2 Å². The number of likely N-dealkylation sites (tertiary alicyclic amines) is 1. The standard InChI is InChI=1S/C23H23F3N2O3/c1-22(2,3)31-21(30)27-12-16-15-10-7-11-17(23(24,25)26)19(15)20(29)28(18(16)13-27)14-8-5-4-6-9-14/h4-11,16,18H,12-13H2,1-3H3/t16-,18-/m1/s1. The maximum Gasteiger partial charge on any atom is 0.417 e. The Morgan fingerprint density at radius 3 is 2.29 bits per heavy atom. The van der Waals surface area contributed by atoms with E-state index in [0.29, 0.717) is 11.3 Å². The van der Waals surface area contributed by atoms with Gasteiger partial charge in [-0.25, -0.2) is 4.79 Å². The number of fused-ring (bicyclic) bond motifs is 3. The molecule has 1 fully saturated rings. The molecule has 0 aromatic heterocycles. The maximum atomic E-state index is 13.8. The number of nitrogens with zero attached hydrogens (tertiary/aromatic N) is 2. The zero-order valence-electron chi connectivity index (χ0n) is 17.4. The average Bonchev–Trinajstić information content (AvgIpc) is 3.12. The first-order valence-electron chi connectivity index (χ1n) is 10.0. The van der Waals surface area contributed by atoms with Crippen molar-refractivity contribution < 1.29 is 27.5 Å². The summed E-state index contributed by atoms with van der Waals surface area (Å²) < 4.78 is 46.7. The molecule has 0 aliphatic carbocycles. The Bertz CT molecular complexity index is 1010. The molecule has 0 spiro atoms. The lowest BCUT2D eigenvalue weighted by atomic mass is 9.82. The molecule has 164 valence electrons. The molecule has 0 N–H and O–H groups in total. The quantitative estimate of drug-likeness (QED) is 0.632. The Morgan fingerprint density at radius 2 is 1.68 bits per heavy atom. The number of anilines is 1. The molecule has 5 nitrogen and oxygen atoms in total. The number of para-hydroxylation sites is 1. The summed E-state index contributed by atoms with van der Waals surface area (Å²) in [4.78, 5) is 29.0. The SMILES string of the molecule is CC(C)(C)OC(=O)N1C[C@@H]2c3cccc(C(F)(F)F)c3C(=O)N(c3ccccc3)[C@@H]2C1. The summed E-state index contributed by atoms with van der Waals surface area (Å²) in [5, 5.41) is 0. The average molecular weight is 432 g/mol. The molecule has 0 unspecified atom stereocenters. The molecule has 2 aromatic carbocycles. The van der Waals surface area contributed by atoms with E-state index in [4.69, 9.17) is 4.74 Å². The van der Waals surface area contributed by atoms with Gasteiger partial charge in [0.25, 0.3) is 5.91 Å². The van der Waals surface area contributed by atoms with E-state index in [2.05, 4.69) is 0 Å². The van der Waals surface area contributed by atoms with Crippen molar-refractivity contribution >= 4 is 17.7 Å². The van der Waals surface area contributed by atoms with Crippen LogP contribution in [0.25, 0.3) is 0 Å². The number of benzene rings is 2. The summed E-state index contributed by atoms with van der Waals surface area (Å²) >= 11 is 0. The van der Waals surface area contributed by atoms with E-state index in [1.54, 1.807) is 57.2 Å². The van der Waals surface area contributed by atoms with Crippen LogP contribution in [0.3, 0.4) is 0 Å². The minimum Gasteiger partial charge on any atom is -0.444 e. The molecular weight excluding hydrogens is 409 g/mol. The van der Waals surface area contributed by atoms with Crippen molar-refractivity contribution in [2.45, 2.75) is 44.5 Å². The number of hydrogen-bond donors (Lipinski definition) is 0. The van der Waals surface area contributed by atoms with Gasteiger partial charge in [-0.3, -0.25) is 4.79 Å². The van der Waals surface area contributed by atoms with Crippen LogP contribution >= 0.6 is 0 Å². The highest BCUT2D eigenvalue weighted by Gasteiger charge is 2.50. The maximum absolute atomic E-state index is 13.8. The molecular formula is C23H23F3N2O3. The van der Waals surface area contributed by atoms with Crippen molar-refractivity contribution in [3.05, 3.63) is 65.2 Å². The normalized spacial score (nSPS) is 21.0. The molecule has 2 heterocycles. The van der Waals surface area contributed by atoms with E-state index in [0.717, 1.165) is 6.07 Å². The molecule has 2 aromatic rings. The third kappa shape index (κ3) is 3.86. The van der Waals surface area contributed by atoms with Crippen LogP contribution in [0.15, 0.2) is 48.5 Å². The molecule has 4 rings (SSSR count). The van der Waals surface area contributed by atoms with E-state index in [1.807, 2.05) is 0 Å². The van der Waals surface area contributed by atoms with Crippen molar-refractivity contribution in [2.24, 2.45) is 0 Å². The fourth-order valence-corrected chi connectivity index (χ4v) is 4.35. The molecule has 2 amide bonds. The topological polar surface area (TPSA) is 49.9 Å². The number of carbonyl (C=O) groups excluding carboxylic acids is 2. The minimum absolute atomic E-state index is 0.171.